The smallest absolute Gasteiger partial charge is 0.147 e. The number of aromatic nitrogens is 1. The van der Waals surface area contributed by atoms with Gasteiger partial charge in [0.05, 0.1) is 18.1 Å². The zero-order valence-corrected chi connectivity index (χ0v) is 13.9. The van der Waals surface area contributed by atoms with Crippen LogP contribution in [0.2, 0.25) is 0 Å². The highest BCUT2D eigenvalue weighted by atomic mass is 35.5. The van der Waals surface area contributed by atoms with Crippen molar-refractivity contribution in [3.63, 3.8) is 0 Å². The molecule has 2 aliphatic rings. The first-order valence-electron chi connectivity index (χ1n) is 7.16. The van der Waals surface area contributed by atoms with Crippen molar-refractivity contribution in [1.29, 1.82) is 0 Å². The number of anilines is 1. The second kappa shape index (κ2) is 7.34. The van der Waals surface area contributed by atoms with E-state index in [9.17, 15) is 4.39 Å². The lowest BCUT2D eigenvalue weighted by molar-refractivity contribution is 0.477. The molecule has 0 radical (unpaired) electrons. The summed E-state index contributed by atoms with van der Waals surface area (Å²) in [6.07, 6.45) is 4.75. The number of ether oxygens (including phenoxy) is 1. The predicted molar refractivity (Wildman–Crippen MR) is 92.7 cm³/mol. The van der Waals surface area contributed by atoms with E-state index in [-0.39, 0.29) is 30.6 Å². The molecule has 0 saturated carbocycles. The molecule has 1 aromatic carbocycles. The first-order valence-corrected chi connectivity index (χ1v) is 7.16. The third-order valence-corrected chi connectivity index (χ3v) is 4.14. The second-order valence-electron chi connectivity index (χ2n) is 5.58. The van der Waals surface area contributed by atoms with E-state index in [4.69, 9.17) is 4.74 Å². The van der Waals surface area contributed by atoms with Crippen molar-refractivity contribution < 1.29 is 9.13 Å². The highest BCUT2D eigenvalue weighted by molar-refractivity contribution is 5.85. The molecule has 1 aromatic heterocycles. The molecule has 2 aliphatic heterocycles. The summed E-state index contributed by atoms with van der Waals surface area (Å²) in [5, 5.41) is 3.49. The van der Waals surface area contributed by atoms with Gasteiger partial charge in [-0.2, -0.15) is 0 Å². The van der Waals surface area contributed by atoms with Crippen molar-refractivity contribution in [3.8, 4) is 11.5 Å². The maximum Gasteiger partial charge on any atom is 0.147 e. The maximum absolute atomic E-state index is 12.9. The SMILES string of the molecule is Cl.Cl.Fc1ccc(Oc2cncc(N3C[C@@H]4C[C@H]3CN4)c2)cc1. The Kier molecular flexibility index (Phi) is 5.68. The lowest BCUT2D eigenvalue weighted by Crippen LogP contribution is -2.43. The Balaban J connectivity index is 0.000000960. The van der Waals surface area contributed by atoms with Crippen molar-refractivity contribution in [2.45, 2.75) is 18.5 Å². The van der Waals surface area contributed by atoms with E-state index in [1.54, 1.807) is 18.3 Å². The van der Waals surface area contributed by atoms with Crippen LogP contribution in [0.1, 0.15) is 6.42 Å². The first-order chi connectivity index (χ1) is 10.3. The predicted octanol–water partition coefficient (Wildman–Crippen LogP) is 3.41. The Bertz CT molecular complexity index is 656. The first kappa shape index (κ1) is 17.8. The van der Waals surface area contributed by atoms with Crippen LogP contribution in [0.5, 0.6) is 11.5 Å². The minimum atomic E-state index is -0.269. The van der Waals surface area contributed by atoms with Gasteiger partial charge < -0.3 is 15.0 Å². The minimum Gasteiger partial charge on any atom is -0.456 e. The lowest BCUT2D eigenvalue weighted by atomic mass is 10.2. The average Bonchev–Trinajstić information content (AvgIpc) is 3.13. The van der Waals surface area contributed by atoms with Crippen LogP contribution in [0.15, 0.2) is 42.7 Å². The summed E-state index contributed by atoms with van der Waals surface area (Å²) in [5.74, 6) is 1.02. The zero-order valence-electron chi connectivity index (χ0n) is 12.3. The molecule has 2 fully saturated rings. The molecule has 3 heterocycles. The van der Waals surface area contributed by atoms with Crippen LogP contribution in [0.3, 0.4) is 0 Å². The highest BCUT2D eigenvalue weighted by Crippen LogP contribution is 2.31. The quantitative estimate of drug-likeness (QED) is 0.913. The molecule has 7 heteroatoms. The maximum atomic E-state index is 12.9. The number of hydrogen-bond donors (Lipinski definition) is 1. The second-order valence-corrected chi connectivity index (χ2v) is 5.58. The van der Waals surface area contributed by atoms with Crippen LogP contribution in [0.4, 0.5) is 10.1 Å². The van der Waals surface area contributed by atoms with Crippen molar-refractivity contribution in [2.24, 2.45) is 0 Å². The van der Waals surface area contributed by atoms with Gasteiger partial charge in [-0.15, -0.1) is 24.8 Å². The molecule has 0 aliphatic carbocycles. The van der Waals surface area contributed by atoms with Crippen molar-refractivity contribution in [2.75, 3.05) is 18.0 Å². The van der Waals surface area contributed by atoms with Crippen LogP contribution in [-0.4, -0.2) is 30.2 Å². The van der Waals surface area contributed by atoms with Gasteiger partial charge in [-0.05, 0) is 30.7 Å². The molecule has 4 nitrogen and oxygen atoms in total. The van der Waals surface area contributed by atoms with Crippen LogP contribution in [0.25, 0.3) is 0 Å². The van der Waals surface area contributed by atoms with E-state index in [1.165, 1.54) is 18.6 Å². The monoisotopic (exact) mass is 357 g/mol. The average molecular weight is 358 g/mol. The normalized spacial score (nSPS) is 21.5. The van der Waals surface area contributed by atoms with E-state index in [2.05, 4.69) is 15.2 Å². The number of pyridine rings is 1. The molecule has 124 valence electrons. The van der Waals surface area contributed by atoms with Crippen LogP contribution in [0, 0.1) is 5.82 Å². The molecular weight excluding hydrogens is 340 g/mol. The summed E-state index contributed by atoms with van der Waals surface area (Å²) in [7, 11) is 0. The van der Waals surface area contributed by atoms with Gasteiger partial charge in [0, 0.05) is 31.2 Å². The summed E-state index contributed by atoms with van der Waals surface area (Å²) in [4.78, 5) is 6.65. The molecule has 2 aromatic rings. The lowest BCUT2D eigenvalue weighted by Gasteiger charge is -2.29. The molecular formula is C16H18Cl2FN3O. The van der Waals surface area contributed by atoms with Crippen molar-refractivity contribution in [3.05, 3.63) is 48.5 Å². The third kappa shape index (κ3) is 3.68. The van der Waals surface area contributed by atoms with Gasteiger partial charge in [0.15, 0.2) is 0 Å². The fourth-order valence-corrected chi connectivity index (χ4v) is 3.14. The Labute approximate surface area is 146 Å². The fraction of sp³-hybridized carbons (Fsp3) is 0.312. The van der Waals surface area contributed by atoms with Gasteiger partial charge in [-0.3, -0.25) is 4.98 Å². The van der Waals surface area contributed by atoms with E-state index >= 15 is 0 Å². The Morgan fingerprint density at radius 3 is 2.57 bits per heavy atom. The molecule has 0 unspecified atom stereocenters. The highest BCUT2D eigenvalue weighted by Gasteiger charge is 2.37. The molecule has 23 heavy (non-hydrogen) atoms. The molecule has 2 bridgehead atoms. The molecule has 2 atom stereocenters. The number of piperazine rings is 1. The number of nitrogens with one attached hydrogen (secondary N) is 1. The molecule has 1 N–H and O–H groups in total. The van der Waals surface area contributed by atoms with Crippen LogP contribution >= 0.6 is 24.8 Å². The molecule has 0 amide bonds. The van der Waals surface area contributed by atoms with Gasteiger partial charge in [0.2, 0.25) is 0 Å². The van der Waals surface area contributed by atoms with Crippen molar-refractivity contribution >= 4 is 30.5 Å². The fourth-order valence-electron chi connectivity index (χ4n) is 3.14. The molecule has 2 saturated heterocycles. The van der Waals surface area contributed by atoms with Gasteiger partial charge in [0.1, 0.15) is 17.3 Å². The van der Waals surface area contributed by atoms with Crippen molar-refractivity contribution in [1.82, 2.24) is 10.3 Å². The number of hydrogen-bond acceptors (Lipinski definition) is 4. The number of nitrogens with zero attached hydrogens (tertiary/aromatic N) is 2. The summed E-state index contributed by atoms with van der Waals surface area (Å²) in [6.45, 7) is 2.06. The van der Waals surface area contributed by atoms with Crippen LogP contribution < -0.4 is 15.0 Å². The number of rotatable bonds is 3. The number of halogens is 3. The summed E-state index contributed by atoms with van der Waals surface area (Å²) < 4.78 is 18.6. The Morgan fingerprint density at radius 2 is 1.91 bits per heavy atom. The molecule has 0 spiro atoms. The minimum absolute atomic E-state index is 0. The standard InChI is InChI=1S/C16H16FN3O.2ClH/c17-11-1-3-15(4-2-11)21-16-6-14(7-18-9-16)20-10-12-5-13(20)8-19-12;;/h1-4,6-7,9,12-13,19H,5,8,10H2;2*1H/t12-,13-;;/m0../s1. The summed E-state index contributed by atoms with van der Waals surface area (Å²) in [5.41, 5.74) is 1.09. The largest absolute Gasteiger partial charge is 0.456 e. The van der Waals surface area contributed by atoms with Gasteiger partial charge >= 0.3 is 0 Å². The summed E-state index contributed by atoms with van der Waals surface area (Å²) >= 11 is 0. The Morgan fingerprint density at radius 1 is 1.13 bits per heavy atom. The van der Waals surface area contributed by atoms with Gasteiger partial charge in [0.25, 0.3) is 0 Å². The Hall–Kier alpha value is -1.56. The zero-order chi connectivity index (χ0) is 14.2. The third-order valence-electron chi connectivity index (χ3n) is 4.14. The number of fused-ring (bicyclic) bond motifs is 2. The van der Waals surface area contributed by atoms with E-state index < -0.39 is 0 Å². The van der Waals surface area contributed by atoms with Crippen LogP contribution in [-0.2, 0) is 0 Å². The van der Waals surface area contributed by atoms with E-state index in [0.29, 0.717) is 23.6 Å². The number of benzene rings is 1. The molecule has 4 rings (SSSR count). The van der Waals surface area contributed by atoms with E-state index in [0.717, 1.165) is 18.8 Å². The van der Waals surface area contributed by atoms with E-state index in [1.807, 2.05) is 12.3 Å². The topological polar surface area (TPSA) is 37.4 Å². The van der Waals surface area contributed by atoms with Gasteiger partial charge in [-0.1, -0.05) is 0 Å². The summed E-state index contributed by atoms with van der Waals surface area (Å²) in [6, 6.07) is 9.15. The van der Waals surface area contributed by atoms with Gasteiger partial charge in [-0.25, -0.2) is 4.39 Å².